The topological polar surface area (TPSA) is 186 Å². The summed E-state index contributed by atoms with van der Waals surface area (Å²) in [6, 6.07) is -0.750. The van der Waals surface area contributed by atoms with Crippen LogP contribution in [0.25, 0.3) is 10.4 Å². The van der Waals surface area contributed by atoms with Gasteiger partial charge in [-0.15, -0.1) is 9.42 Å². The van der Waals surface area contributed by atoms with Crippen molar-refractivity contribution in [1.29, 1.82) is 0 Å². The van der Waals surface area contributed by atoms with Gasteiger partial charge in [0.1, 0.15) is 12.8 Å². The molecule has 2 rings (SSSR count). The lowest BCUT2D eigenvalue weighted by atomic mass is 10.1. The first-order valence-electron chi connectivity index (χ1n) is 6.78. The van der Waals surface area contributed by atoms with Gasteiger partial charge >= 0.3 is 22.2 Å². The fourth-order valence-electron chi connectivity index (χ4n) is 2.24. The maximum absolute atomic E-state index is 11.9. The normalized spacial score (nSPS) is 23.8. The molecule has 1 aromatic heterocycles. The second-order valence-electron chi connectivity index (χ2n) is 4.95. The molecule has 2 heterocycles. The predicted molar refractivity (Wildman–Crippen MR) is 82.0 cm³/mol. The van der Waals surface area contributed by atoms with Gasteiger partial charge in [-0.25, -0.2) is 4.79 Å². The third-order valence-electron chi connectivity index (χ3n) is 3.34. The SMILES string of the molecule is Cc1cn([C@H]2C[C@H](N=[N+]=[N-])[C@@H](CO[P+](=O)O[P+](=O)O)O2)c(=O)[nH]c1=O. The van der Waals surface area contributed by atoms with E-state index in [1.807, 2.05) is 0 Å². The van der Waals surface area contributed by atoms with E-state index in [-0.39, 0.29) is 18.6 Å². The standard InChI is InChI=1S/C10H11N5O8P2/c1-5-3-15(10(17)12-9(5)16)8-2-6(13-14-11)7(22-8)4-21-25(20)23-24(18)19/h3,6-8H,2,4H2,1H3/p+2/t6-,7+,8+/m0/s1. The Balaban J connectivity index is 2.14. The summed E-state index contributed by atoms with van der Waals surface area (Å²) in [7, 11) is -5.96. The summed E-state index contributed by atoms with van der Waals surface area (Å²) >= 11 is 0. The number of nitrogens with zero attached hydrogens (tertiary/aromatic N) is 4. The summed E-state index contributed by atoms with van der Waals surface area (Å²) < 4.78 is 37.2. The molecule has 1 aliphatic rings. The monoisotopic (exact) mass is 393 g/mol. The zero-order chi connectivity index (χ0) is 18.6. The second-order valence-corrected chi connectivity index (χ2v) is 6.79. The van der Waals surface area contributed by atoms with E-state index >= 15 is 0 Å². The van der Waals surface area contributed by atoms with Gasteiger partial charge in [0, 0.05) is 32.2 Å². The van der Waals surface area contributed by atoms with Crippen LogP contribution < -0.4 is 11.2 Å². The Morgan fingerprint density at radius 3 is 2.92 bits per heavy atom. The van der Waals surface area contributed by atoms with Crippen molar-refractivity contribution >= 4 is 16.5 Å². The van der Waals surface area contributed by atoms with Crippen LogP contribution in [-0.2, 0) is 22.7 Å². The highest BCUT2D eigenvalue weighted by molar-refractivity contribution is 7.47. The van der Waals surface area contributed by atoms with Crippen molar-refractivity contribution in [3.63, 3.8) is 0 Å². The average Bonchev–Trinajstić information content (AvgIpc) is 2.91. The summed E-state index contributed by atoms with van der Waals surface area (Å²) in [6.07, 6.45) is -0.308. The summed E-state index contributed by atoms with van der Waals surface area (Å²) in [5.41, 5.74) is 7.68. The zero-order valence-corrected chi connectivity index (χ0v) is 14.5. The van der Waals surface area contributed by atoms with E-state index in [0.717, 1.165) is 4.57 Å². The number of hydrogen-bond acceptors (Lipinski definition) is 8. The van der Waals surface area contributed by atoms with Crippen molar-refractivity contribution in [2.24, 2.45) is 5.11 Å². The highest BCUT2D eigenvalue weighted by Gasteiger charge is 2.42. The average molecular weight is 393 g/mol. The molecule has 1 aliphatic heterocycles. The van der Waals surface area contributed by atoms with Crippen molar-refractivity contribution in [3.05, 3.63) is 43.0 Å². The Hall–Kier alpha value is -1.97. The van der Waals surface area contributed by atoms with E-state index in [9.17, 15) is 18.7 Å². The molecular formula is C10H13N5O8P2+2. The molecule has 15 heteroatoms. The van der Waals surface area contributed by atoms with Gasteiger partial charge in [0.15, 0.2) is 4.31 Å². The molecule has 0 spiro atoms. The Kier molecular flexibility index (Phi) is 6.51. The van der Waals surface area contributed by atoms with Crippen LogP contribution in [0.4, 0.5) is 0 Å². The van der Waals surface area contributed by atoms with Crippen molar-refractivity contribution < 1.29 is 27.6 Å². The molecule has 5 atom stereocenters. The fraction of sp³-hybridized carbons (Fsp3) is 0.600. The lowest BCUT2D eigenvalue weighted by Crippen LogP contribution is -2.33. The molecule has 2 N–H and O–H groups in total. The number of aryl methyl sites for hydroxylation is 1. The minimum atomic E-state index is -3.10. The molecule has 134 valence electrons. The summed E-state index contributed by atoms with van der Waals surface area (Å²) in [4.78, 5) is 36.6. The number of azide groups is 1. The number of ether oxygens (including phenoxy) is 1. The van der Waals surface area contributed by atoms with Gasteiger partial charge in [-0.05, 0) is 12.5 Å². The van der Waals surface area contributed by atoms with E-state index in [1.54, 1.807) is 0 Å². The van der Waals surface area contributed by atoms with Crippen LogP contribution in [0.15, 0.2) is 20.9 Å². The van der Waals surface area contributed by atoms with Crippen LogP contribution in [0.5, 0.6) is 0 Å². The third kappa shape index (κ3) is 5.00. The highest BCUT2D eigenvalue weighted by Crippen LogP contribution is 2.38. The maximum atomic E-state index is 11.9. The van der Waals surface area contributed by atoms with E-state index in [4.69, 9.17) is 19.7 Å². The lowest BCUT2D eigenvalue weighted by molar-refractivity contribution is -0.0226. The molecule has 1 saturated heterocycles. The zero-order valence-electron chi connectivity index (χ0n) is 12.7. The Morgan fingerprint density at radius 2 is 2.28 bits per heavy atom. The Morgan fingerprint density at radius 1 is 1.56 bits per heavy atom. The minimum Gasteiger partial charge on any atom is -0.352 e. The molecule has 0 aliphatic carbocycles. The van der Waals surface area contributed by atoms with Crippen molar-refractivity contribution in [2.75, 3.05) is 6.61 Å². The summed E-state index contributed by atoms with van der Waals surface area (Å²) in [5, 5.41) is 3.53. The van der Waals surface area contributed by atoms with Gasteiger partial charge in [-0.3, -0.25) is 14.3 Å². The van der Waals surface area contributed by atoms with Crippen LogP contribution >= 0.6 is 16.5 Å². The first kappa shape index (κ1) is 19.4. The molecule has 1 aromatic rings. The van der Waals surface area contributed by atoms with E-state index < -0.39 is 46.1 Å². The van der Waals surface area contributed by atoms with Crippen LogP contribution in [0.1, 0.15) is 18.2 Å². The van der Waals surface area contributed by atoms with Gasteiger partial charge in [-0.2, -0.15) is 0 Å². The minimum absolute atomic E-state index is 0.107. The van der Waals surface area contributed by atoms with Crippen LogP contribution in [-0.4, -0.2) is 33.2 Å². The van der Waals surface area contributed by atoms with E-state index in [2.05, 4.69) is 19.3 Å². The number of nitrogens with one attached hydrogen (secondary N) is 1. The molecule has 25 heavy (non-hydrogen) atoms. The van der Waals surface area contributed by atoms with Crippen LogP contribution in [0.3, 0.4) is 0 Å². The second kappa shape index (κ2) is 8.41. The van der Waals surface area contributed by atoms with Gasteiger partial charge in [0.2, 0.25) is 0 Å². The largest absolute Gasteiger partial charge is 0.747 e. The molecule has 13 nitrogen and oxygen atoms in total. The van der Waals surface area contributed by atoms with Gasteiger partial charge in [0.25, 0.3) is 5.56 Å². The summed E-state index contributed by atoms with van der Waals surface area (Å²) in [5.74, 6) is 0. The Bertz CT molecular complexity index is 846. The smallest absolute Gasteiger partial charge is 0.352 e. The van der Waals surface area contributed by atoms with Gasteiger partial charge < -0.3 is 4.74 Å². The molecule has 0 bridgehead atoms. The van der Waals surface area contributed by atoms with Crippen molar-refractivity contribution in [3.8, 4) is 0 Å². The fourth-order valence-corrected chi connectivity index (χ4v) is 3.15. The lowest BCUT2D eigenvalue weighted by Gasteiger charge is -2.14. The van der Waals surface area contributed by atoms with Gasteiger partial charge in [0.05, 0.1) is 12.1 Å². The maximum Gasteiger partial charge on any atom is 0.747 e. The molecule has 0 saturated carbocycles. The number of H-pyrrole nitrogens is 1. The van der Waals surface area contributed by atoms with E-state index in [0.29, 0.717) is 0 Å². The van der Waals surface area contributed by atoms with Crippen molar-refractivity contribution in [1.82, 2.24) is 9.55 Å². The van der Waals surface area contributed by atoms with E-state index in [1.165, 1.54) is 13.1 Å². The first-order valence-corrected chi connectivity index (χ1v) is 9.00. The summed E-state index contributed by atoms with van der Waals surface area (Å²) in [6.45, 7) is 1.14. The molecule has 0 radical (unpaired) electrons. The quantitative estimate of drug-likeness (QED) is 0.299. The third-order valence-corrected chi connectivity index (χ3v) is 4.79. The number of aromatic nitrogens is 2. The molecule has 1 fully saturated rings. The van der Waals surface area contributed by atoms with Gasteiger partial charge in [-0.1, -0.05) is 5.11 Å². The predicted octanol–water partition coefficient (Wildman–Crippen LogP) is 1.15. The van der Waals surface area contributed by atoms with Crippen LogP contribution in [0, 0.1) is 6.92 Å². The molecule has 0 amide bonds. The number of aromatic amines is 1. The Labute approximate surface area is 141 Å². The molecule has 0 aromatic carbocycles. The number of rotatable bonds is 7. The highest BCUT2D eigenvalue weighted by atomic mass is 31.2. The van der Waals surface area contributed by atoms with Crippen LogP contribution in [0.2, 0.25) is 0 Å². The number of hydrogen-bond donors (Lipinski definition) is 2. The first-order chi connectivity index (χ1) is 11.8. The van der Waals surface area contributed by atoms with Crippen molar-refractivity contribution in [2.45, 2.75) is 31.7 Å². The molecule has 2 unspecified atom stereocenters. The molecular weight excluding hydrogens is 380 g/mol.